The Morgan fingerprint density at radius 2 is 1.91 bits per heavy atom. The normalized spacial score (nSPS) is 24.5. The van der Waals surface area contributed by atoms with Crippen LogP contribution in [0.25, 0.3) is 5.43 Å². The van der Waals surface area contributed by atoms with Gasteiger partial charge in [0.15, 0.2) is 17.3 Å². The predicted octanol–water partition coefficient (Wildman–Crippen LogP) is 2.96. The van der Waals surface area contributed by atoms with Crippen LogP contribution in [0.2, 0.25) is 0 Å². The second-order valence-corrected chi connectivity index (χ2v) is 6.09. The molecular formula is C15H20ClN4NiS. The summed E-state index contributed by atoms with van der Waals surface area (Å²) < 4.78 is 0. The van der Waals surface area contributed by atoms with E-state index in [1.807, 2.05) is 18.2 Å². The molecule has 0 unspecified atom stereocenters. The van der Waals surface area contributed by atoms with Crippen LogP contribution in [-0.2, 0) is 26.8 Å². The Morgan fingerprint density at radius 1 is 1.27 bits per heavy atom. The van der Waals surface area contributed by atoms with Crippen molar-refractivity contribution in [1.29, 1.82) is 0 Å². The Hall–Kier alpha value is -0.546. The van der Waals surface area contributed by atoms with Crippen molar-refractivity contribution in [3.05, 3.63) is 35.5 Å². The van der Waals surface area contributed by atoms with Crippen molar-refractivity contribution in [3.63, 3.8) is 0 Å². The van der Waals surface area contributed by atoms with Gasteiger partial charge in [0, 0.05) is 25.5 Å². The molecule has 7 heteroatoms. The quantitative estimate of drug-likeness (QED) is 0.197. The summed E-state index contributed by atoms with van der Waals surface area (Å²) in [6, 6.07) is 5.73. The molecule has 3 heterocycles. The summed E-state index contributed by atoms with van der Waals surface area (Å²) in [6.07, 6.45) is 8.86. The fraction of sp³-hybridized carbons (Fsp3) is 0.533. The minimum absolute atomic E-state index is 0.732. The molecule has 2 saturated heterocycles. The van der Waals surface area contributed by atoms with E-state index in [9.17, 15) is 0 Å². The largest absolute Gasteiger partial charge is 0.515 e. The number of rotatable bonds is 2. The molecule has 1 saturated carbocycles. The van der Waals surface area contributed by atoms with E-state index in [2.05, 4.69) is 57.4 Å². The third-order valence-electron chi connectivity index (χ3n) is 4.23. The first-order valence-corrected chi connectivity index (χ1v) is 9.20. The van der Waals surface area contributed by atoms with Gasteiger partial charge in [-0.25, -0.2) is 4.90 Å². The first-order chi connectivity index (χ1) is 10.8. The first-order valence-electron chi connectivity index (χ1n) is 7.39. The zero-order valence-corrected chi connectivity index (χ0v) is 14.9. The zero-order valence-electron chi connectivity index (χ0n) is 12.2. The Kier molecular flexibility index (Phi) is 7.74. The third-order valence-corrected chi connectivity index (χ3v) is 4.60. The van der Waals surface area contributed by atoms with Crippen molar-refractivity contribution in [2.75, 3.05) is 13.1 Å². The van der Waals surface area contributed by atoms with E-state index in [4.69, 9.17) is 0 Å². The van der Waals surface area contributed by atoms with Crippen molar-refractivity contribution in [2.24, 2.45) is 16.9 Å². The smallest absolute Gasteiger partial charge is 0.189 e. The van der Waals surface area contributed by atoms with Crippen LogP contribution in [0.3, 0.4) is 0 Å². The number of nitrogens with zero attached hydrogens (tertiary/aromatic N) is 4. The summed E-state index contributed by atoms with van der Waals surface area (Å²) in [4.78, 5) is 6.47. The Morgan fingerprint density at radius 3 is 2.45 bits per heavy atom. The van der Waals surface area contributed by atoms with E-state index in [0.29, 0.717) is 0 Å². The topological polar surface area (TPSA) is 42.6 Å². The summed E-state index contributed by atoms with van der Waals surface area (Å²) >= 11 is 7.87. The summed E-state index contributed by atoms with van der Waals surface area (Å²) in [7, 11) is 4.26. The molecule has 2 aliphatic heterocycles. The minimum Gasteiger partial charge on any atom is -0.515 e. The molecule has 0 radical (unpaired) electrons. The number of aromatic nitrogens is 1. The van der Waals surface area contributed by atoms with E-state index < -0.39 is 0 Å². The third kappa shape index (κ3) is 5.27. The van der Waals surface area contributed by atoms with E-state index in [0.717, 1.165) is 35.7 Å². The molecule has 4 rings (SSSR count). The summed E-state index contributed by atoms with van der Waals surface area (Å²) in [5.74, 6) is 1.62. The molecule has 0 spiro atoms. The fourth-order valence-corrected chi connectivity index (χ4v) is 3.33. The molecule has 4 nitrogen and oxygen atoms in total. The minimum atomic E-state index is 0.732. The van der Waals surface area contributed by atoms with E-state index in [-0.39, 0.29) is 0 Å². The van der Waals surface area contributed by atoms with Gasteiger partial charge in [-0.2, -0.15) is 0 Å². The molecule has 1 aromatic heterocycles. The van der Waals surface area contributed by atoms with Crippen LogP contribution < -0.4 is 0 Å². The van der Waals surface area contributed by atoms with Gasteiger partial charge in [-0.1, -0.05) is 6.07 Å². The van der Waals surface area contributed by atoms with Crippen LogP contribution in [0.15, 0.2) is 29.5 Å². The SMILES string of the molecule is [Cl][Ni].[SH+]=C([N-]N=Cc1ccccn1)N1CC2CCC(CC2)C1. The molecule has 2 bridgehead atoms. The van der Waals surface area contributed by atoms with Crippen LogP contribution in [0, 0.1) is 11.8 Å². The molecule has 1 aliphatic carbocycles. The molecule has 123 valence electrons. The van der Waals surface area contributed by atoms with E-state index in [1.165, 1.54) is 25.7 Å². The molecule has 3 fully saturated rings. The molecule has 0 N–H and O–H groups in total. The molecular weight excluding hydrogens is 362 g/mol. The molecule has 0 atom stereocenters. The van der Waals surface area contributed by atoms with Crippen molar-refractivity contribution >= 4 is 33.7 Å². The van der Waals surface area contributed by atoms with Crippen molar-refractivity contribution in [3.8, 4) is 0 Å². The molecule has 0 amide bonds. The van der Waals surface area contributed by atoms with Crippen LogP contribution in [-0.4, -0.2) is 34.3 Å². The fourth-order valence-electron chi connectivity index (χ4n) is 3.11. The summed E-state index contributed by atoms with van der Waals surface area (Å²) in [5, 5.41) is 4.83. The summed E-state index contributed by atoms with van der Waals surface area (Å²) in [6.45, 7) is 2.16. The van der Waals surface area contributed by atoms with Gasteiger partial charge in [-0.05, 0) is 49.7 Å². The van der Waals surface area contributed by atoms with Gasteiger partial charge >= 0.3 is 24.8 Å². The molecule has 1 aromatic rings. The number of halogens is 1. The van der Waals surface area contributed by atoms with Gasteiger partial charge in [0.05, 0.1) is 5.69 Å². The van der Waals surface area contributed by atoms with Gasteiger partial charge in [-0.3, -0.25) is 4.98 Å². The van der Waals surface area contributed by atoms with Crippen LogP contribution >= 0.6 is 10.2 Å². The van der Waals surface area contributed by atoms with Gasteiger partial charge in [0.2, 0.25) is 0 Å². The Labute approximate surface area is 149 Å². The maximum Gasteiger partial charge on any atom is 0.189 e. The maximum atomic E-state index is 4.52. The average molecular weight is 383 g/mol. The Balaban J connectivity index is 0.000000847. The summed E-state index contributed by atoms with van der Waals surface area (Å²) in [5.41, 5.74) is 5.03. The molecule has 0 aromatic carbocycles. The monoisotopic (exact) mass is 381 g/mol. The first kappa shape index (κ1) is 17.8. The van der Waals surface area contributed by atoms with Crippen molar-refractivity contribution in [2.45, 2.75) is 25.7 Å². The van der Waals surface area contributed by atoms with Gasteiger partial charge in [0.25, 0.3) is 0 Å². The number of thiol groups is 1. The molecule has 22 heavy (non-hydrogen) atoms. The van der Waals surface area contributed by atoms with Crippen molar-refractivity contribution in [1.82, 2.24) is 9.88 Å². The average Bonchev–Trinajstić information content (AvgIpc) is 2.91. The second-order valence-electron chi connectivity index (χ2n) is 5.69. The van der Waals surface area contributed by atoms with Crippen molar-refractivity contribution < 1.29 is 14.6 Å². The van der Waals surface area contributed by atoms with Crippen LogP contribution in [0.5, 0.6) is 0 Å². The number of pyridine rings is 1. The Bertz CT molecular complexity index is 478. The van der Waals surface area contributed by atoms with E-state index in [1.54, 1.807) is 12.4 Å². The number of fused-ring (bicyclic) bond motifs is 4. The molecule has 3 aliphatic rings. The standard InChI is InChI=1S/C15H20N4S.ClH.Ni/c20-15(18-17-9-14-3-1-2-8-16-14)19-10-12-4-5-13(11-19)7-6-12;;/h1-3,8-9,12-13H,4-7,10-11H2,(H,16,18,20);1H;/q;;+1/p-1. The predicted molar refractivity (Wildman–Crippen MR) is 91.8 cm³/mol. The van der Waals surface area contributed by atoms with Gasteiger partial charge < -0.3 is 10.5 Å². The van der Waals surface area contributed by atoms with Crippen LogP contribution in [0.1, 0.15) is 31.4 Å². The van der Waals surface area contributed by atoms with E-state index >= 15 is 0 Å². The number of hydrogen-bond acceptors (Lipinski definition) is 2. The van der Waals surface area contributed by atoms with Gasteiger partial charge in [0.1, 0.15) is 0 Å². The van der Waals surface area contributed by atoms with Crippen LogP contribution in [0.4, 0.5) is 0 Å². The second kappa shape index (κ2) is 9.56. The number of hydrogen-bond donors (Lipinski definition) is 0. The maximum absolute atomic E-state index is 4.52. The zero-order chi connectivity index (χ0) is 15.8. The van der Waals surface area contributed by atoms with Gasteiger partial charge in [-0.15, -0.1) is 0 Å².